The maximum absolute atomic E-state index is 15.6. The monoisotopic (exact) mass is 602 g/mol. The van der Waals surface area contributed by atoms with Crippen LogP contribution in [0.5, 0.6) is 5.75 Å². The van der Waals surface area contributed by atoms with Crippen LogP contribution in [0.25, 0.3) is 22.2 Å². The Morgan fingerprint density at radius 3 is 2.37 bits per heavy atom. The minimum Gasteiger partial charge on any atom is -0.494 e. The molecule has 0 radical (unpaired) electrons. The zero-order valence-corrected chi connectivity index (χ0v) is 23.3. The lowest BCUT2D eigenvalue weighted by Crippen LogP contribution is -2.43. The molecule has 1 amide bonds. The number of amides is 1. The summed E-state index contributed by atoms with van der Waals surface area (Å²) in [5, 5.41) is 32.7. The summed E-state index contributed by atoms with van der Waals surface area (Å²) in [6, 6.07) is 7.63. The van der Waals surface area contributed by atoms with Crippen molar-refractivity contribution in [1.29, 1.82) is 0 Å². The zero-order valence-electron chi connectivity index (χ0n) is 23.3. The Hall–Kier alpha value is -4.23. The number of nitrogens with one attached hydrogen (secondary N) is 1. The smallest absolute Gasteiger partial charge is 0.282 e. The molecule has 4 aromatic rings. The molecule has 1 saturated carbocycles. The summed E-state index contributed by atoms with van der Waals surface area (Å²) in [7, 11) is 1.32. The van der Waals surface area contributed by atoms with Crippen molar-refractivity contribution in [3.63, 3.8) is 0 Å². The molecule has 2 aromatic heterocycles. The fourth-order valence-electron chi connectivity index (χ4n) is 4.89. The third-order valence-electron chi connectivity index (χ3n) is 7.40. The van der Waals surface area contributed by atoms with Gasteiger partial charge in [-0.2, -0.15) is 0 Å². The Morgan fingerprint density at radius 1 is 1.05 bits per heavy atom. The lowest BCUT2D eigenvalue weighted by Gasteiger charge is -2.31. The number of ether oxygens (including phenoxy) is 1. The average Bonchev–Trinajstić information content (AvgIpc) is 3.82. The number of hydrogen-bond donors (Lipinski definition) is 3. The second-order valence-corrected chi connectivity index (χ2v) is 11.0. The predicted molar refractivity (Wildman–Crippen MR) is 145 cm³/mol. The van der Waals surface area contributed by atoms with E-state index in [1.54, 1.807) is 0 Å². The number of benzene rings is 2. The highest BCUT2D eigenvalue weighted by atomic mass is 19.3. The number of halogens is 5. The van der Waals surface area contributed by atoms with Gasteiger partial charge in [0.2, 0.25) is 0 Å². The van der Waals surface area contributed by atoms with E-state index in [0.29, 0.717) is 12.8 Å². The summed E-state index contributed by atoms with van der Waals surface area (Å²) in [6.07, 6.45) is -1.80. The highest BCUT2D eigenvalue weighted by molar-refractivity contribution is 5.99. The summed E-state index contributed by atoms with van der Waals surface area (Å²) in [5.74, 6) is -4.37. The van der Waals surface area contributed by atoms with Crippen LogP contribution in [0.2, 0.25) is 0 Å². The molecule has 43 heavy (non-hydrogen) atoms. The normalized spacial score (nSPS) is 15.0. The van der Waals surface area contributed by atoms with Gasteiger partial charge in [-0.05, 0) is 75.1 Å². The van der Waals surface area contributed by atoms with Crippen LogP contribution in [0.15, 0.2) is 42.5 Å². The third kappa shape index (κ3) is 5.87. The summed E-state index contributed by atoms with van der Waals surface area (Å²) in [4.78, 5) is 17.6. The molecule has 8 nitrogen and oxygen atoms in total. The van der Waals surface area contributed by atoms with E-state index in [9.17, 15) is 32.6 Å². The van der Waals surface area contributed by atoms with Gasteiger partial charge in [-0.25, -0.2) is 26.9 Å². The van der Waals surface area contributed by atoms with Crippen LogP contribution < -0.4 is 10.1 Å². The molecule has 0 aliphatic heterocycles. The van der Waals surface area contributed by atoms with Gasteiger partial charge in [0.15, 0.2) is 17.5 Å². The number of methoxy groups -OCH3 is 1. The second kappa shape index (κ2) is 11.1. The lowest BCUT2D eigenvalue weighted by atomic mass is 9.87. The number of hydrogen-bond acceptors (Lipinski definition) is 7. The van der Waals surface area contributed by atoms with Gasteiger partial charge in [-0.1, -0.05) is 0 Å². The van der Waals surface area contributed by atoms with Gasteiger partial charge in [0, 0.05) is 22.1 Å². The van der Waals surface area contributed by atoms with Crippen LogP contribution in [0, 0.1) is 23.4 Å². The van der Waals surface area contributed by atoms with E-state index in [2.05, 4.69) is 20.5 Å². The van der Waals surface area contributed by atoms with Gasteiger partial charge in [0.1, 0.15) is 28.3 Å². The molecule has 1 aliphatic carbocycles. The van der Waals surface area contributed by atoms with Crippen molar-refractivity contribution in [3.05, 3.63) is 82.4 Å². The van der Waals surface area contributed by atoms with E-state index >= 15 is 4.39 Å². The predicted octanol–water partition coefficient (Wildman–Crippen LogP) is 5.31. The van der Waals surface area contributed by atoms with Gasteiger partial charge in [0.05, 0.1) is 24.9 Å². The molecule has 0 saturated heterocycles. The number of aliphatic hydroxyl groups is 2. The molecule has 0 bridgehead atoms. The van der Waals surface area contributed by atoms with Crippen LogP contribution in [0.1, 0.15) is 60.4 Å². The first-order valence-corrected chi connectivity index (χ1v) is 13.3. The van der Waals surface area contributed by atoms with E-state index in [1.807, 2.05) is 0 Å². The van der Waals surface area contributed by atoms with Crippen LogP contribution >= 0.6 is 0 Å². The Labute approximate surface area is 242 Å². The van der Waals surface area contributed by atoms with Crippen LogP contribution in [0.3, 0.4) is 0 Å². The van der Waals surface area contributed by atoms with Gasteiger partial charge in [0.25, 0.3) is 12.3 Å². The Balaban J connectivity index is 1.53. The Morgan fingerprint density at radius 2 is 1.77 bits per heavy atom. The average molecular weight is 603 g/mol. The number of nitrogens with zero attached hydrogens (tertiary/aromatic N) is 3. The number of pyridine rings is 1. The molecule has 0 spiro atoms. The molecular formula is C30H27F5N4O4. The summed E-state index contributed by atoms with van der Waals surface area (Å²) in [6.45, 7) is 2.23. The highest BCUT2D eigenvalue weighted by Crippen LogP contribution is 2.46. The maximum Gasteiger partial charge on any atom is 0.282 e. The second-order valence-electron chi connectivity index (χ2n) is 11.0. The number of alkyl halides is 2. The summed E-state index contributed by atoms with van der Waals surface area (Å²) in [5.41, 5.74) is -4.91. The van der Waals surface area contributed by atoms with E-state index in [1.165, 1.54) is 39.2 Å². The summed E-state index contributed by atoms with van der Waals surface area (Å²) < 4.78 is 75.0. The largest absolute Gasteiger partial charge is 0.494 e. The van der Waals surface area contributed by atoms with Crippen LogP contribution in [0.4, 0.5) is 22.0 Å². The number of aromatic nitrogens is 3. The molecule has 1 atom stereocenters. The van der Waals surface area contributed by atoms with Crippen molar-refractivity contribution in [1.82, 2.24) is 20.5 Å². The standard InChI is InChI=1S/C30H27F5N4O4/c1-29(2,41)18-12-23(37-26(24(18)33)14-4-7-19(31)20(32)9-14)30(42,17-5-6-17)13-36-28(40)16-8-15-10-21(27(34)35)38-39-25(15)22(11-16)43-3/h4,7-12,17,27,41-42H,5-6,13H2,1-3H3,(H,36,40)/t30-/m1/s1. The summed E-state index contributed by atoms with van der Waals surface area (Å²) >= 11 is 0. The molecule has 3 N–H and O–H groups in total. The van der Waals surface area contributed by atoms with Gasteiger partial charge >= 0.3 is 0 Å². The molecule has 1 aliphatic rings. The Kier molecular flexibility index (Phi) is 7.82. The third-order valence-corrected chi connectivity index (χ3v) is 7.40. The molecule has 1 fully saturated rings. The van der Waals surface area contributed by atoms with Gasteiger partial charge in [-0.3, -0.25) is 4.79 Å². The van der Waals surface area contributed by atoms with E-state index in [0.717, 1.165) is 24.3 Å². The first kappa shape index (κ1) is 30.2. The first-order chi connectivity index (χ1) is 20.2. The SMILES string of the molecule is COc1cc(C(=O)NC[C@](O)(c2cc(C(C)(C)O)c(F)c(-c3ccc(F)c(F)c3)n2)C2CC2)cc2cc(C(F)F)nnc12. The van der Waals surface area contributed by atoms with Crippen LogP contribution in [-0.4, -0.2) is 45.0 Å². The van der Waals surface area contributed by atoms with E-state index in [4.69, 9.17) is 4.74 Å². The van der Waals surface area contributed by atoms with Crippen molar-refractivity contribution >= 4 is 16.8 Å². The quantitative estimate of drug-likeness (QED) is 0.222. The van der Waals surface area contributed by atoms with Gasteiger partial charge < -0.3 is 20.3 Å². The minimum absolute atomic E-state index is 0.0161. The fourth-order valence-corrected chi connectivity index (χ4v) is 4.89. The van der Waals surface area contributed by atoms with Crippen molar-refractivity contribution in [3.8, 4) is 17.0 Å². The highest BCUT2D eigenvalue weighted by Gasteiger charge is 2.47. The Bertz CT molecular complexity index is 1730. The van der Waals surface area contributed by atoms with Crippen molar-refractivity contribution in [2.45, 2.75) is 44.3 Å². The van der Waals surface area contributed by atoms with Gasteiger partial charge in [-0.15, -0.1) is 10.2 Å². The zero-order chi connectivity index (χ0) is 31.3. The van der Waals surface area contributed by atoms with E-state index in [-0.39, 0.29) is 39.0 Å². The number of rotatable bonds is 9. The molecular weight excluding hydrogens is 575 g/mol. The first-order valence-electron chi connectivity index (χ1n) is 13.3. The molecule has 226 valence electrons. The molecule has 2 heterocycles. The van der Waals surface area contributed by atoms with Crippen LogP contribution in [-0.2, 0) is 11.2 Å². The number of carbonyl (C=O) groups is 1. The molecule has 5 rings (SSSR count). The minimum atomic E-state index is -2.89. The van der Waals surface area contributed by atoms with Crippen molar-refractivity contribution < 1.29 is 41.7 Å². The van der Waals surface area contributed by atoms with Crippen molar-refractivity contribution in [2.75, 3.05) is 13.7 Å². The van der Waals surface area contributed by atoms with Crippen molar-refractivity contribution in [2.24, 2.45) is 5.92 Å². The topological polar surface area (TPSA) is 117 Å². The molecule has 13 heteroatoms. The van der Waals surface area contributed by atoms with E-state index < -0.39 is 64.8 Å². The fraction of sp³-hybridized carbons (Fsp3) is 0.333. The molecule has 2 aromatic carbocycles. The lowest BCUT2D eigenvalue weighted by molar-refractivity contribution is 0.00864. The maximum atomic E-state index is 15.6. The number of fused-ring (bicyclic) bond motifs is 1. The number of carbonyl (C=O) groups excluding carboxylic acids is 1. The molecule has 0 unspecified atom stereocenters.